The van der Waals surface area contributed by atoms with Gasteiger partial charge in [-0.25, -0.2) is 9.78 Å². The lowest BCUT2D eigenvalue weighted by Gasteiger charge is -2.16. The fraction of sp³-hybridized carbons (Fsp3) is 0.214. The van der Waals surface area contributed by atoms with Crippen LogP contribution in [0, 0.1) is 6.92 Å². The number of carboxylic acids is 1. The number of hydrogen-bond donors (Lipinski definition) is 1. The van der Waals surface area contributed by atoms with Crippen molar-refractivity contribution in [1.82, 2.24) is 4.98 Å². The van der Waals surface area contributed by atoms with Gasteiger partial charge in [-0.15, -0.1) is 11.3 Å². The minimum Gasteiger partial charge on any atom is -0.478 e. The zero-order chi connectivity index (χ0) is 14.3. The molecule has 2 heterocycles. The number of amides is 1. The number of aromatic nitrogens is 1. The molecule has 0 fully saturated rings. The predicted molar refractivity (Wildman–Crippen MR) is 75.6 cm³/mol. The number of aryl methyl sites for hydroxylation is 1. The lowest BCUT2D eigenvalue weighted by atomic mass is 10.1. The maximum Gasteiger partial charge on any atom is 0.335 e. The van der Waals surface area contributed by atoms with Gasteiger partial charge in [-0.05, 0) is 37.1 Å². The standard InChI is InChI=1S/C14H12N2O3S/c1-8-12(20-7-15-8)13(17)16-5-4-9-6-10(14(18)19)2-3-11(9)16/h2-3,6-7H,4-5H2,1H3,(H,18,19). The monoisotopic (exact) mass is 288 g/mol. The molecule has 102 valence electrons. The van der Waals surface area contributed by atoms with Crippen LogP contribution in [0.15, 0.2) is 23.7 Å². The number of anilines is 1. The first-order valence-electron chi connectivity index (χ1n) is 6.16. The molecule has 0 atom stereocenters. The van der Waals surface area contributed by atoms with Crippen LogP contribution in [0.5, 0.6) is 0 Å². The number of carbonyl (C=O) groups excluding carboxylic acids is 1. The summed E-state index contributed by atoms with van der Waals surface area (Å²) in [4.78, 5) is 29.9. The van der Waals surface area contributed by atoms with Crippen molar-refractivity contribution in [3.8, 4) is 0 Å². The van der Waals surface area contributed by atoms with Crippen LogP contribution >= 0.6 is 11.3 Å². The molecule has 20 heavy (non-hydrogen) atoms. The molecule has 2 aromatic rings. The van der Waals surface area contributed by atoms with Gasteiger partial charge in [-0.3, -0.25) is 4.79 Å². The summed E-state index contributed by atoms with van der Waals surface area (Å²) in [5.74, 6) is -1.01. The van der Waals surface area contributed by atoms with E-state index in [9.17, 15) is 9.59 Å². The van der Waals surface area contributed by atoms with Gasteiger partial charge in [0.05, 0.1) is 16.8 Å². The number of nitrogens with zero attached hydrogens (tertiary/aromatic N) is 2. The van der Waals surface area contributed by atoms with E-state index < -0.39 is 5.97 Å². The minimum absolute atomic E-state index is 0.0631. The summed E-state index contributed by atoms with van der Waals surface area (Å²) >= 11 is 1.33. The van der Waals surface area contributed by atoms with Crippen molar-refractivity contribution in [2.24, 2.45) is 0 Å². The smallest absolute Gasteiger partial charge is 0.335 e. The number of thiazole rings is 1. The molecule has 1 amide bonds. The molecular formula is C14H12N2O3S. The Morgan fingerprint density at radius 3 is 2.85 bits per heavy atom. The van der Waals surface area contributed by atoms with Crippen LogP contribution in [0.1, 0.15) is 31.3 Å². The highest BCUT2D eigenvalue weighted by Crippen LogP contribution is 2.31. The maximum absolute atomic E-state index is 12.5. The quantitative estimate of drug-likeness (QED) is 0.921. The van der Waals surface area contributed by atoms with E-state index in [1.165, 1.54) is 17.4 Å². The van der Waals surface area contributed by atoms with E-state index in [4.69, 9.17) is 5.11 Å². The molecule has 0 radical (unpaired) electrons. The van der Waals surface area contributed by atoms with Crippen LogP contribution < -0.4 is 4.90 Å². The average molecular weight is 288 g/mol. The third-order valence-electron chi connectivity index (χ3n) is 3.41. The zero-order valence-electron chi connectivity index (χ0n) is 10.8. The second-order valence-corrected chi connectivity index (χ2v) is 5.48. The van der Waals surface area contributed by atoms with Crippen molar-refractivity contribution in [2.45, 2.75) is 13.3 Å². The second kappa shape index (κ2) is 4.72. The van der Waals surface area contributed by atoms with Gasteiger partial charge in [-0.1, -0.05) is 0 Å². The molecule has 0 saturated heterocycles. The van der Waals surface area contributed by atoms with Crippen LogP contribution in [-0.2, 0) is 6.42 Å². The number of hydrogen-bond acceptors (Lipinski definition) is 4. The lowest BCUT2D eigenvalue weighted by Crippen LogP contribution is -2.28. The Hall–Kier alpha value is -2.21. The first-order valence-corrected chi connectivity index (χ1v) is 7.04. The SMILES string of the molecule is Cc1ncsc1C(=O)N1CCc2cc(C(=O)O)ccc21. The molecule has 6 heteroatoms. The number of carboxylic acid groups (broad SMARTS) is 1. The van der Waals surface area contributed by atoms with E-state index in [0.29, 0.717) is 17.8 Å². The van der Waals surface area contributed by atoms with E-state index >= 15 is 0 Å². The summed E-state index contributed by atoms with van der Waals surface area (Å²) in [5.41, 5.74) is 4.35. The third-order valence-corrected chi connectivity index (χ3v) is 4.32. The molecule has 0 bridgehead atoms. The van der Waals surface area contributed by atoms with Crippen molar-refractivity contribution in [1.29, 1.82) is 0 Å². The Kier molecular flexibility index (Phi) is 3.02. The highest BCUT2D eigenvalue weighted by atomic mass is 32.1. The molecular weight excluding hydrogens is 276 g/mol. The minimum atomic E-state index is -0.948. The summed E-state index contributed by atoms with van der Waals surface area (Å²) in [7, 11) is 0. The Bertz CT molecular complexity index is 708. The van der Waals surface area contributed by atoms with Crippen molar-refractivity contribution in [3.05, 3.63) is 45.4 Å². The van der Waals surface area contributed by atoms with Gasteiger partial charge in [0.2, 0.25) is 0 Å². The fourth-order valence-corrected chi connectivity index (χ4v) is 3.13. The first-order chi connectivity index (χ1) is 9.58. The summed E-state index contributed by atoms with van der Waals surface area (Å²) < 4.78 is 0. The Labute approximate surface area is 119 Å². The molecule has 1 aromatic heterocycles. The third kappa shape index (κ3) is 1.98. The van der Waals surface area contributed by atoms with Crippen LogP contribution in [0.2, 0.25) is 0 Å². The van der Waals surface area contributed by atoms with E-state index in [-0.39, 0.29) is 11.5 Å². The van der Waals surface area contributed by atoms with Crippen LogP contribution in [-0.4, -0.2) is 28.5 Å². The fourth-order valence-electron chi connectivity index (χ4n) is 2.38. The molecule has 1 aliphatic rings. The number of fused-ring (bicyclic) bond motifs is 1. The van der Waals surface area contributed by atoms with Crippen LogP contribution in [0.25, 0.3) is 0 Å². The Morgan fingerprint density at radius 2 is 2.20 bits per heavy atom. The molecule has 5 nitrogen and oxygen atoms in total. The van der Waals surface area contributed by atoms with Crippen molar-refractivity contribution < 1.29 is 14.7 Å². The highest BCUT2D eigenvalue weighted by molar-refractivity contribution is 7.12. The largest absolute Gasteiger partial charge is 0.478 e. The first kappa shape index (κ1) is 12.8. The maximum atomic E-state index is 12.5. The summed E-state index contributed by atoms with van der Waals surface area (Å²) in [6.45, 7) is 2.39. The number of benzene rings is 1. The number of aromatic carboxylic acids is 1. The highest BCUT2D eigenvalue weighted by Gasteiger charge is 2.28. The molecule has 0 aliphatic carbocycles. The van der Waals surface area contributed by atoms with Crippen molar-refractivity contribution in [3.63, 3.8) is 0 Å². The van der Waals surface area contributed by atoms with E-state index in [1.807, 2.05) is 6.92 Å². The topological polar surface area (TPSA) is 70.5 Å². The van der Waals surface area contributed by atoms with Gasteiger partial charge < -0.3 is 10.0 Å². The summed E-state index contributed by atoms with van der Waals surface area (Å²) in [6.07, 6.45) is 0.681. The van der Waals surface area contributed by atoms with Crippen molar-refractivity contribution in [2.75, 3.05) is 11.4 Å². The Balaban J connectivity index is 1.96. The lowest BCUT2D eigenvalue weighted by molar-refractivity contribution is 0.0696. The van der Waals surface area contributed by atoms with Gasteiger partial charge in [0, 0.05) is 12.2 Å². The van der Waals surface area contributed by atoms with E-state index in [0.717, 1.165) is 16.9 Å². The van der Waals surface area contributed by atoms with Crippen molar-refractivity contribution >= 4 is 28.9 Å². The number of rotatable bonds is 2. The Morgan fingerprint density at radius 1 is 1.40 bits per heavy atom. The molecule has 0 unspecified atom stereocenters. The number of carbonyl (C=O) groups is 2. The predicted octanol–water partition coefficient (Wildman–Crippen LogP) is 2.35. The zero-order valence-corrected chi connectivity index (χ0v) is 11.6. The van der Waals surface area contributed by atoms with Gasteiger partial charge >= 0.3 is 5.97 Å². The average Bonchev–Trinajstić information content (AvgIpc) is 3.03. The van der Waals surface area contributed by atoms with Gasteiger partial charge in [-0.2, -0.15) is 0 Å². The molecule has 1 N–H and O–H groups in total. The normalized spacial score (nSPS) is 13.3. The van der Waals surface area contributed by atoms with E-state index in [1.54, 1.807) is 22.5 Å². The summed E-state index contributed by atoms with van der Waals surface area (Å²) in [5, 5.41) is 8.99. The summed E-state index contributed by atoms with van der Waals surface area (Å²) in [6, 6.07) is 4.89. The molecule has 1 aromatic carbocycles. The van der Waals surface area contributed by atoms with Crippen LogP contribution in [0.3, 0.4) is 0 Å². The molecule has 1 aliphatic heterocycles. The van der Waals surface area contributed by atoms with Gasteiger partial charge in [0.1, 0.15) is 4.88 Å². The van der Waals surface area contributed by atoms with Gasteiger partial charge in [0.25, 0.3) is 5.91 Å². The molecule has 0 saturated carbocycles. The molecule has 3 rings (SSSR count). The van der Waals surface area contributed by atoms with E-state index in [2.05, 4.69) is 4.98 Å². The second-order valence-electron chi connectivity index (χ2n) is 4.62. The van der Waals surface area contributed by atoms with Crippen LogP contribution in [0.4, 0.5) is 5.69 Å². The van der Waals surface area contributed by atoms with Gasteiger partial charge in [0.15, 0.2) is 0 Å². The molecule has 0 spiro atoms.